The van der Waals surface area contributed by atoms with E-state index in [2.05, 4.69) is 22.4 Å². The Morgan fingerprint density at radius 1 is 0.848 bits per heavy atom. The summed E-state index contributed by atoms with van der Waals surface area (Å²) in [5.74, 6) is -0.255. The number of pyridine rings is 1. The predicted octanol–water partition coefficient (Wildman–Crippen LogP) is 5.60. The van der Waals surface area contributed by atoms with E-state index in [1.54, 1.807) is 42.7 Å². The molecule has 0 fully saturated rings. The van der Waals surface area contributed by atoms with Gasteiger partial charge in [-0.15, -0.1) is 0 Å². The Morgan fingerprint density at radius 2 is 1.48 bits per heavy atom. The van der Waals surface area contributed by atoms with Crippen LogP contribution in [0.5, 0.6) is 0 Å². The summed E-state index contributed by atoms with van der Waals surface area (Å²) in [7, 11) is 0. The molecule has 5 heteroatoms. The molecule has 0 spiro atoms. The fraction of sp³-hybridized carbons (Fsp3) is 0. The molecular formula is C28H18N4O. The van der Waals surface area contributed by atoms with Gasteiger partial charge in [0.1, 0.15) is 0 Å². The van der Waals surface area contributed by atoms with Crippen LogP contribution in [0.15, 0.2) is 103 Å². The number of hydrogen-bond donors (Lipinski definition) is 1. The molecule has 4 aromatic rings. The molecule has 33 heavy (non-hydrogen) atoms. The molecule has 1 amide bonds. The fourth-order valence-corrected chi connectivity index (χ4v) is 3.45. The minimum atomic E-state index is -0.255. The number of rotatable bonds is 5. The molecule has 0 unspecified atom stereocenters. The number of hydrogen-bond acceptors (Lipinski definition) is 4. The summed E-state index contributed by atoms with van der Waals surface area (Å²) in [4.78, 5) is 16.7. The molecule has 1 heterocycles. The van der Waals surface area contributed by atoms with Crippen LogP contribution in [0.2, 0.25) is 0 Å². The van der Waals surface area contributed by atoms with Crippen molar-refractivity contribution in [2.24, 2.45) is 0 Å². The van der Waals surface area contributed by atoms with Crippen LogP contribution < -0.4 is 5.32 Å². The normalized spacial score (nSPS) is 10.4. The zero-order valence-electron chi connectivity index (χ0n) is 17.6. The molecule has 3 aromatic carbocycles. The van der Waals surface area contributed by atoms with Gasteiger partial charge in [-0.05, 0) is 53.1 Å². The molecule has 0 saturated carbocycles. The third-order valence-electron chi connectivity index (χ3n) is 5.10. The molecule has 0 aliphatic heterocycles. The van der Waals surface area contributed by atoms with Crippen LogP contribution in [-0.4, -0.2) is 10.9 Å². The van der Waals surface area contributed by atoms with Crippen molar-refractivity contribution >= 4 is 27.9 Å². The van der Waals surface area contributed by atoms with Crippen LogP contribution in [0.4, 0.5) is 5.69 Å². The summed E-state index contributed by atoms with van der Waals surface area (Å²) in [6, 6.07) is 26.2. The number of nitriles is 2. The van der Waals surface area contributed by atoms with Gasteiger partial charge in [-0.1, -0.05) is 48.6 Å². The second kappa shape index (κ2) is 9.87. The molecule has 0 bridgehead atoms. The SMILES string of the molecule is N#Cc1ccc(C(=CC=CC(=O)Nc2cccc3cnccc23)c2ccc(C#N)cc2)cc1. The van der Waals surface area contributed by atoms with Gasteiger partial charge < -0.3 is 5.32 Å². The van der Waals surface area contributed by atoms with Gasteiger partial charge in [0.25, 0.3) is 0 Å². The molecule has 156 valence electrons. The fourth-order valence-electron chi connectivity index (χ4n) is 3.45. The van der Waals surface area contributed by atoms with Gasteiger partial charge in [0.2, 0.25) is 5.91 Å². The van der Waals surface area contributed by atoms with Gasteiger partial charge in [-0.2, -0.15) is 10.5 Å². The van der Waals surface area contributed by atoms with E-state index in [0.717, 1.165) is 27.5 Å². The van der Waals surface area contributed by atoms with E-state index < -0.39 is 0 Å². The number of nitrogens with zero attached hydrogens (tertiary/aromatic N) is 3. The zero-order chi connectivity index (χ0) is 23.0. The van der Waals surface area contributed by atoms with Crippen molar-refractivity contribution in [1.29, 1.82) is 10.5 Å². The summed E-state index contributed by atoms with van der Waals surface area (Å²) in [6.07, 6.45) is 8.44. The maximum Gasteiger partial charge on any atom is 0.248 e. The second-order valence-corrected chi connectivity index (χ2v) is 7.21. The Kier molecular flexibility index (Phi) is 6.35. The Hall–Kier alpha value is -5.00. The largest absolute Gasteiger partial charge is 0.322 e. The number of benzene rings is 3. The summed E-state index contributed by atoms with van der Waals surface area (Å²) in [5.41, 5.74) is 4.50. The minimum Gasteiger partial charge on any atom is -0.322 e. The number of anilines is 1. The van der Waals surface area contributed by atoms with Crippen LogP contribution in [0, 0.1) is 22.7 Å². The molecule has 0 aliphatic rings. The molecule has 1 aromatic heterocycles. The van der Waals surface area contributed by atoms with Crippen molar-refractivity contribution in [2.45, 2.75) is 0 Å². The van der Waals surface area contributed by atoms with E-state index in [4.69, 9.17) is 10.5 Å². The van der Waals surface area contributed by atoms with Gasteiger partial charge in [-0.3, -0.25) is 9.78 Å². The first-order valence-electron chi connectivity index (χ1n) is 10.2. The number of fused-ring (bicyclic) bond motifs is 1. The highest BCUT2D eigenvalue weighted by Crippen LogP contribution is 2.25. The van der Waals surface area contributed by atoms with E-state index in [1.165, 1.54) is 6.08 Å². The van der Waals surface area contributed by atoms with Crippen molar-refractivity contribution in [2.75, 3.05) is 5.32 Å². The highest BCUT2D eigenvalue weighted by molar-refractivity contribution is 6.06. The third kappa shape index (κ3) is 5.02. The molecule has 5 nitrogen and oxygen atoms in total. The third-order valence-corrected chi connectivity index (χ3v) is 5.10. The van der Waals surface area contributed by atoms with Crippen molar-refractivity contribution < 1.29 is 4.79 Å². The Labute approximate surface area is 191 Å². The number of nitrogens with one attached hydrogen (secondary N) is 1. The zero-order valence-corrected chi connectivity index (χ0v) is 17.6. The summed E-state index contributed by atoms with van der Waals surface area (Å²) in [6.45, 7) is 0. The number of aromatic nitrogens is 1. The lowest BCUT2D eigenvalue weighted by Crippen LogP contribution is -2.08. The lowest BCUT2D eigenvalue weighted by Gasteiger charge is -2.08. The number of amides is 1. The lowest BCUT2D eigenvalue weighted by atomic mass is 9.96. The van der Waals surface area contributed by atoms with E-state index in [0.29, 0.717) is 16.8 Å². The Balaban J connectivity index is 1.61. The quantitative estimate of drug-likeness (QED) is 0.332. The van der Waals surface area contributed by atoms with E-state index in [-0.39, 0.29) is 5.91 Å². The van der Waals surface area contributed by atoms with Gasteiger partial charge in [0, 0.05) is 34.9 Å². The predicted molar refractivity (Wildman–Crippen MR) is 129 cm³/mol. The van der Waals surface area contributed by atoms with Crippen molar-refractivity contribution in [1.82, 2.24) is 4.98 Å². The molecule has 4 rings (SSSR count). The number of carbonyl (C=O) groups is 1. The molecule has 1 N–H and O–H groups in total. The average molecular weight is 426 g/mol. The monoisotopic (exact) mass is 426 g/mol. The molecule has 0 radical (unpaired) electrons. The molecule has 0 aliphatic carbocycles. The van der Waals surface area contributed by atoms with Gasteiger partial charge in [0.05, 0.1) is 23.3 Å². The highest BCUT2D eigenvalue weighted by Gasteiger charge is 2.06. The van der Waals surface area contributed by atoms with Crippen molar-refractivity contribution in [3.8, 4) is 12.1 Å². The van der Waals surface area contributed by atoms with Crippen LogP contribution in [0.3, 0.4) is 0 Å². The summed E-state index contributed by atoms with van der Waals surface area (Å²) < 4.78 is 0. The molecule has 0 saturated heterocycles. The molecular weight excluding hydrogens is 408 g/mol. The Bertz CT molecular complexity index is 1390. The topological polar surface area (TPSA) is 89.6 Å². The van der Waals surface area contributed by atoms with Gasteiger partial charge in [-0.25, -0.2) is 0 Å². The maximum atomic E-state index is 12.6. The first-order chi connectivity index (χ1) is 16.2. The van der Waals surface area contributed by atoms with Crippen molar-refractivity contribution in [3.05, 3.63) is 126 Å². The van der Waals surface area contributed by atoms with E-state index in [1.807, 2.05) is 54.6 Å². The first kappa shape index (κ1) is 21.2. The highest BCUT2D eigenvalue weighted by atomic mass is 16.1. The van der Waals surface area contributed by atoms with E-state index in [9.17, 15) is 4.79 Å². The first-order valence-corrected chi connectivity index (χ1v) is 10.2. The summed E-state index contributed by atoms with van der Waals surface area (Å²) in [5, 5.41) is 22.9. The second-order valence-electron chi connectivity index (χ2n) is 7.21. The van der Waals surface area contributed by atoms with Gasteiger partial charge in [0.15, 0.2) is 0 Å². The smallest absolute Gasteiger partial charge is 0.248 e. The Morgan fingerprint density at radius 3 is 2.09 bits per heavy atom. The van der Waals surface area contributed by atoms with Crippen LogP contribution in [0.25, 0.3) is 16.3 Å². The molecule has 0 atom stereocenters. The van der Waals surface area contributed by atoms with Crippen LogP contribution in [-0.2, 0) is 4.79 Å². The number of allylic oxidation sites excluding steroid dienone is 2. The number of carbonyl (C=O) groups excluding carboxylic acids is 1. The lowest BCUT2D eigenvalue weighted by molar-refractivity contribution is -0.111. The maximum absolute atomic E-state index is 12.6. The van der Waals surface area contributed by atoms with Crippen LogP contribution in [0.1, 0.15) is 22.3 Å². The standard InChI is InChI=1S/C28H18N4O/c29-17-20-7-11-22(12-8-20)25(23-13-9-21(18-30)10-14-23)4-2-6-28(33)32-27-5-1-3-24-19-31-16-15-26(24)27/h1-16,19H,(H,32,33). The summed E-state index contributed by atoms with van der Waals surface area (Å²) >= 11 is 0. The average Bonchev–Trinajstić information content (AvgIpc) is 2.87. The van der Waals surface area contributed by atoms with Crippen molar-refractivity contribution in [3.63, 3.8) is 0 Å². The van der Waals surface area contributed by atoms with E-state index >= 15 is 0 Å². The van der Waals surface area contributed by atoms with Gasteiger partial charge >= 0.3 is 0 Å². The minimum absolute atomic E-state index is 0.255. The van der Waals surface area contributed by atoms with Crippen LogP contribution >= 0.6 is 0 Å².